The van der Waals surface area contributed by atoms with Gasteiger partial charge in [-0.25, -0.2) is 4.79 Å². The highest BCUT2D eigenvalue weighted by Gasteiger charge is 2.23. The molecule has 0 heterocycles. The molecule has 0 aliphatic heterocycles. The van der Waals surface area contributed by atoms with Crippen molar-refractivity contribution >= 4 is 17.9 Å². The minimum absolute atomic E-state index is 0.297. The second-order valence-corrected chi connectivity index (χ2v) is 8.19. The molecule has 0 radical (unpaired) electrons. The Balaban J connectivity index is 2.14. The van der Waals surface area contributed by atoms with Crippen molar-refractivity contribution < 1.29 is 9.53 Å². The van der Waals surface area contributed by atoms with E-state index >= 15 is 0 Å². The van der Waals surface area contributed by atoms with Crippen molar-refractivity contribution in [3.05, 3.63) is 77.2 Å². The molecule has 138 valence electrons. The summed E-state index contributed by atoms with van der Waals surface area (Å²) in [6.07, 6.45) is 1.76. The zero-order chi connectivity index (χ0) is 19.0. The van der Waals surface area contributed by atoms with Crippen molar-refractivity contribution in [3.63, 3.8) is 0 Å². The van der Waals surface area contributed by atoms with Gasteiger partial charge in [-0.1, -0.05) is 66.4 Å². The molecule has 0 saturated carbocycles. The fourth-order valence-electron chi connectivity index (χ4n) is 2.33. The number of benzene rings is 2. The summed E-state index contributed by atoms with van der Waals surface area (Å²) in [6.45, 7) is 8.70. The normalized spacial score (nSPS) is 11.9. The lowest BCUT2D eigenvalue weighted by Gasteiger charge is -2.28. The Morgan fingerprint density at radius 2 is 1.62 bits per heavy atom. The van der Waals surface area contributed by atoms with Crippen LogP contribution in [0.3, 0.4) is 0 Å². The highest BCUT2D eigenvalue weighted by Crippen LogP contribution is 2.27. The largest absolute Gasteiger partial charge is 0.444 e. The Kier molecular flexibility index (Phi) is 7.34. The lowest BCUT2D eigenvalue weighted by Crippen LogP contribution is -2.37. The second-order valence-electron chi connectivity index (χ2n) is 6.99. The van der Waals surface area contributed by atoms with E-state index in [1.54, 1.807) is 16.7 Å². The third kappa shape index (κ3) is 6.96. The van der Waals surface area contributed by atoms with Gasteiger partial charge in [0.05, 0.1) is 6.54 Å². The van der Waals surface area contributed by atoms with Crippen LogP contribution in [-0.2, 0) is 11.3 Å². The van der Waals surface area contributed by atoms with Gasteiger partial charge in [-0.05, 0) is 45.4 Å². The Labute approximate surface area is 161 Å². The summed E-state index contributed by atoms with van der Waals surface area (Å²) >= 11 is 1.67. The number of carbonyl (C=O) groups excluding carboxylic acids is 1. The van der Waals surface area contributed by atoms with Crippen molar-refractivity contribution in [2.45, 2.75) is 44.7 Å². The molecule has 0 aliphatic rings. The minimum Gasteiger partial charge on any atom is -0.444 e. The first-order chi connectivity index (χ1) is 12.4. The highest BCUT2D eigenvalue weighted by molar-refractivity contribution is 8.03. The van der Waals surface area contributed by atoms with E-state index in [-0.39, 0.29) is 6.09 Å². The topological polar surface area (TPSA) is 29.5 Å². The number of ether oxygens (including phenoxy) is 1. The van der Waals surface area contributed by atoms with Gasteiger partial charge in [-0.3, -0.25) is 4.90 Å². The maximum absolute atomic E-state index is 12.7. The van der Waals surface area contributed by atoms with Crippen LogP contribution in [0, 0.1) is 0 Å². The van der Waals surface area contributed by atoms with Crippen LogP contribution >= 0.6 is 11.8 Å². The highest BCUT2D eigenvalue weighted by atomic mass is 32.2. The lowest BCUT2D eigenvalue weighted by atomic mass is 10.2. The number of allylic oxidation sites excluding steroid dienone is 1. The molecule has 0 aliphatic carbocycles. The van der Waals surface area contributed by atoms with Gasteiger partial charge in [0, 0.05) is 16.3 Å². The predicted octanol–water partition coefficient (Wildman–Crippen LogP) is 6.12. The summed E-state index contributed by atoms with van der Waals surface area (Å²) in [4.78, 5) is 16.8. The molecule has 2 aromatic rings. The fraction of sp³-hybridized carbons (Fsp3) is 0.318. The molecule has 3 nitrogen and oxygen atoms in total. The fourth-order valence-corrected chi connectivity index (χ4v) is 3.26. The molecular formula is C22H27NO2S. The lowest BCUT2D eigenvalue weighted by molar-refractivity contribution is 0.0255. The molecule has 0 bridgehead atoms. The van der Waals surface area contributed by atoms with Crippen LogP contribution in [0.15, 0.2) is 76.5 Å². The molecule has 0 aromatic heterocycles. The standard InChI is InChI=1S/C22H27NO2S/c1-5-19(26-20-14-10-7-11-15-20)17-23(21(24)25-22(2,3)4)16-18-12-8-6-9-13-18/h5-15H,16-17H2,1-4H3/b19-5-. The molecule has 0 unspecified atom stereocenters. The van der Waals surface area contributed by atoms with Crippen LogP contribution in [0.2, 0.25) is 0 Å². The van der Waals surface area contributed by atoms with Gasteiger partial charge in [-0.2, -0.15) is 0 Å². The molecule has 0 saturated heterocycles. The SMILES string of the molecule is C/C=C(/CN(Cc1ccccc1)C(=O)OC(C)(C)C)Sc1ccccc1. The van der Waals surface area contributed by atoms with Crippen molar-refractivity contribution in [2.24, 2.45) is 0 Å². The number of rotatable bonds is 6. The van der Waals surface area contributed by atoms with Gasteiger partial charge in [0.2, 0.25) is 0 Å². The van der Waals surface area contributed by atoms with E-state index in [1.165, 1.54) is 0 Å². The van der Waals surface area contributed by atoms with Crippen LogP contribution in [-0.4, -0.2) is 23.1 Å². The van der Waals surface area contributed by atoms with E-state index in [0.717, 1.165) is 15.4 Å². The van der Waals surface area contributed by atoms with E-state index < -0.39 is 5.60 Å². The Morgan fingerprint density at radius 3 is 2.15 bits per heavy atom. The Morgan fingerprint density at radius 1 is 1.04 bits per heavy atom. The first-order valence-electron chi connectivity index (χ1n) is 8.77. The molecule has 0 N–H and O–H groups in total. The van der Waals surface area contributed by atoms with Crippen LogP contribution in [0.4, 0.5) is 4.79 Å². The van der Waals surface area contributed by atoms with Gasteiger partial charge in [0.15, 0.2) is 0 Å². The maximum Gasteiger partial charge on any atom is 0.410 e. The van der Waals surface area contributed by atoms with E-state index in [0.29, 0.717) is 13.1 Å². The third-order valence-corrected chi connectivity index (χ3v) is 4.66. The number of hydrogen-bond acceptors (Lipinski definition) is 3. The van der Waals surface area contributed by atoms with Crippen molar-refractivity contribution in [3.8, 4) is 0 Å². The minimum atomic E-state index is -0.519. The Hall–Kier alpha value is -2.20. The van der Waals surface area contributed by atoms with Crippen molar-refractivity contribution in [1.82, 2.24) is 4.90 Å². The van der Waals surface area contributed by atoms with Gasteiger partial charge in [0.1, 0.15) is 5.60 Å². The molecule has 26 heavy (non-hydrogen) atoms. The molecule has 0 spiro atoms. The number of hydrogen-bond donors (Lipinski definition) is 0. The van der Waals surface area contributed by atoms with E-state index in [2.05, 4.69) is 18.2 Å². The van der Waals surface area contributed by atoms with Crippen LogP contribution in [0.5, 0.6) is 0 Å². The van der Waals surface area contributed by atoms with E-state index in [9.17, 15) is 4.79 Å². The number of thioether (sulfide) groups is 1. The zero-order valence-electron chi connectivity index (χ0n) is 15.9. The molecule has 0 fully saturated rings. The average Bonchev–Trinajstić information content (AvgIpc) is 2.60. The summed E-state index contributed by atoms with van der Waals surface area (Å²) in [7, 11) is 0. The van der Waals surface area contributed by atoms with Crippen LogP contribution in [0.25, 0.3) is 0 Å². The molecule has 4 heteroatoms. The van der Waals surface area contributed by atoms with Crippen LogP contribution < -0.4 is 0 Å². The summed E-state index contributed by atoms with van der Waals surface area (Å²) in [5.41, 5.74) is 0.563. The summed E-state index contributed by atoms with van der Waals surface area (Å²) < 4.78 is 5.62. The first kappa shape index (κ1) is 20.1. The monoisotopic (exact) mass is 369 g/mol. The van der Waals surface area contributed by atoms with Crippen LogP contribution in [0.1, 0.15) is 33.3 Å². The maximum atomic E-state index is 12.7. The van der Waals surface area contributed by atoms with Gasteiger partial charge >= 0.3 is 6.09 Å². The van der Waals surface area contributed by atoms with Gasteiger partial charge in [0.25, 0.3) is 0 Å². The third-order valence-electron chi connectivity index (χ3n) is 3.53. The van der Waals surface area contributed by atoms with Crippen molar-refractivity contribution in [1.29, 1.82) is 0 Å². The van der Waals surface area contributed by atoms with Gasteiger partial charge < -0.3 is 4.74 Å². The second kappa shape index (κ2) is 9.48. The zero-order valence-corrected chi connectivity index (χ0v) is 16.8. The summed E-state index contributed by atoms with van der Waals surface area (Å²) in [6, 6.07) is 20.2. The molecule has 2 aromatic carbocycles. The average molecular weight is 370 g/mol. The predicted molar refractivity (Wildman–Crippen MR) is 109 cm³/mol. The molecule has 2 rings (SSSR count). The smallest absolute Gasteiger partial charge is 0.410 e. The van der Waals surface area contributed by atoms with Crippen molar-refractivity contribution in [2.75, 3.05) is 6.54 Å². The quantitative estimate of drug-likeness (QED) is 0.575. The van der Waals surface area contributed by atoms with Gasteiger partial charge in [-0.15, -0.1) is 0 Å². The van der Waals surface area contributed by atoms with E-state index in [4.69, 9.17) is 4.74 Å². The number of amides is 1. The number of nitrogens with zero attached hydrogens (tertiary/aromatic N) is 1. The summed E-state index contributed by atoms with van der Waals surface area (Å²) in [5, 5.41) is 0. The van der Waals surface area contributed by atoms with E-state index in [1.807, 2.05) is 76.2 Å². The molecule has 1 amide bonds. The first-order valence-corrected chi connectivity index (χ1v) is 9.59. The molecule has 0 atom stereocenters. The Bertz CT molecular complexity index is 721. The number of carbonyl (C=O) groups is 1. The summed E-state index contributed by atoms with van der Waals surface area (Å²) in [5.74, 6) is 0. The molecular weight excluding hydrogens is 342 g/mol.